The molecule has 1 saturated carbocycles. The highest BCUT2D eigenvalue weighted by Gasteiger charge is 2.39. The van der Waals surface area contributed by atoms with Gasteiger partial charge in [-0.05, 0) is 25.2 Å². The number of hydrogen-bond donors (Lipinski definition) is 2. The van der Waals surface area contributed by atoms with E-state index in [1.807, 2.05) is 0 Å². The fourth-order valence-corrected chi connectivity index (χ4v) is 2.07. The van der Waals surface area contributed by atoms with E-state index < -0.39 is 12.1 Å². The van der Waals surface area contributed by atoms with Crippen LogP contribution in [-0.4, -0.2) is 35.7 Å². The van der Waals surface area contributed by atoms with Gasteiger partial charge >= 0.3 is 5.97 Å². The Morgan fingerprint density at radius 3 is 2.62 bits per heavy atom. The van der Waals surface area contributed by atoms with Gasteiger partial charge in [0.15, 0.2) is 6.10 Å². The number of amides is 1. The Balaban J connectivity index is 1.67. The highest BCUT2D eigenvalue weighted by atomic mass is 16.5. The molecule has 2 rings (SSSR count). The molecule has 1 aliphatic carbocycles. The summed E-state index contributed by atoms with van der Waals surface area (Å²) in [4.78, 5) is 22.1. The van der Waals surface area contributed by atoms with Crippen LogP contribution in [0.2, 0.25) is 0 Å². The molecule has 0 radical (unpaired) electrons. The minimum atomic E-state index is -0.912. The summed E-state index contributed by atoms with van der Waals surface area (Å²) in [5, 5.41) is 11.5. The maximum atomic E-state index is 11.5. The van der Waals surface area contributed by atoms with E-state index in [1.165, 1.54) is 0 Å². The Hall–Kier alpha value is -1.10. The molecule has 2 N–H and O–H groups in total. The summed E-state index contributed by atoms with van der Waals surface area (Å²) < 4.78 is 5.29. The zero-order valence-corrected chi connectivity index (χ0v) is 9.31. The molecule has 0 spiro atoms. The number of carboxylic acids is 1. The Morgan fingerprint density at radius 2 is 2.12 bits per heavy atom. The minimum absolute atomic E-state index is 0.0786. The third-order valence-corrected chi connectivity index (χ3v) is 3.33. The lowest BCUT2D eigenvalue weighted by Gasteiger charge is -2.12. The topological polar surface area (TPSA) is 75.6 Å². The van der Waals surface area contributed by atoms with Crippen molar-refractivity contribution in [3.8, 4) is 0 Å². The van der Waals surface area contributed by atoms with Crippen LogP contribution in [0.3, 0.4) is 0 Å². The van der Waals surface area contributed by atoms with E-state index in [9.17, 15) is 9.59 Å². The fourth-order valence-electron chi connectivity index (χ4n) is 2.07. The first-order chi connectivity index (χ1) is 7.58. The second-order valence-electron chi connectivity index (χ2n) is 4.73. The van der Waals surface area contributed by atoms with Crippen LogP contribution in [0.5, 0.6) is 0 Å². The molecule has 5 heteroatoms. The molecule has 4 unspecified atom stereocenters. The number of hydrogen-bond acceptors (Lipinski definition) is 3. The van der Waals surface area contributed by atoms with Crippen molar-refractivity contribution in [2.24, 2.45) is 11.8 Å². The number of ether oxygens (including phenoxy) is 1. The summed E-state index contributed by atoms with van der Waals surface area (Å²) in [5.74, 6) is -0.174. The van der Waals surface area contributed by atoms with Gasteiger partial charge in [0.25, 0.3) is 0 Å². The summed E-state index contributed by atoms with van der Waals surface area (Å²) in [6.07, 6.45) is 1.38. The molecule has 1 heterocycles. The van der Waals surface area contributed by atoms with Crippen molar-refractivity contribution in [2.75, 3.05) is 6.54 Å². The average Bonchev–Trinajstić information content (AvgIpc) is 2.80. The molecule has 5 nitrogen and oxygen atoms in total. The van der Waals surface area contributed by atoms with Gasteiger partial charge in [0.05, 0.1) is 6.10 Å². The molecule has 2 fully saturated rings. The molecular weight excluding hydrogens is 210 g/mol. The summed E-state index contributed by atoms with van der Waals surface area (Å²) in [6, 6.07) is 0. The van der Waals surface area contributed by atoms with E-state index in [1.54, 1.807) is 0 Å². The number of carboxylic acid groups (broad SMARTS) is 1. The summed E-state index contributed by atoms with van der Waals surface area (Å²) in [5.41, 5.74) is 0. The Morgan fingerprint density at radius 1 is 1.44 bits per heavy atom. The highest BCUT2D eigenvalue weighted by Crippen LogP contribution is 2.37. The normalized spacial score (nSPS) is 37.1. The van der Waals surface area contributed by atoms with Gasteiger partial charge in [0.1, 0.15) is 0 Å². The molecule has 0 bridgehead atoms. The molecule has 1 amide bonds. The van der Waals surface area contributed by atoms with Crippen molar-refractivity contribution in [3.05, 3.63) is 0 Å². The minimum Gasteiger partial charge on any atom is -0.479 e. The van der Waals surface area contributed by atoms with Gasteiger partial charge in [-0.1, -0.05) is 6.92 Å². The van der Waals surface area contributed by atoms with E-state index >= 15 is 0 Å². The molecule has 4 atom stereocenters. The van der Waals surface area contributed by atoms with Gasteiger partial charge in [0.2, 0.25) is 5.91 Å². The number of carbonyl (C=O) groups is 2. The first-order valence-corrected chi connectivity index (χ1v) is 5.74. The van der Waals surface area contributed by atoms with Crippen LogP contribution < -0.4 is 5.32 Å². The van der Waals surface area contributed by atoms with Crippen LogP contribution in [0.1, 0.15) is 26.2 Å². The van der Waals surface area contributed by atoms with Crippen LogP contribution in [0.4, 0.5) is 0 Å². The Labute approximate surface area is 94.2 Å². The van der Waals surface area contributed by atoms with Crippen LogP contribution in [0.15, 0.2) is 0 Å². The number of aliphatic carboxylic acids is 1. The predicted molar refractivity (Wildman–Crippen MR) is 55.8 cm³/mol. The van der Waals surface area contributed by atoms with Crippen molar-refractivity contribution in [1.82, 2.24) is 5.32 Å². The molecular formula is C11H17NO4. The molecule has 1 saturated heterocycles. The molecule has 0 aromatic rings. The maximum Gasteiger partial charge on any atom is 0.332 e. The van der Waals surface area contributed by atoms with Crippen LogP contribution >= 0.6 is 0 Å². The van der Waals surface area contributed by atoms with E-state index in [-0.39, 0.29) is 17.9 Å². The zero-order valence-electron chi connectivity index (χ0n) is 9.31. The SMILES string of the molecule is CC1CC1C(=O)NCC1CCC(C(=O)O)O1. The molecule has 90 valence electrons. The van der Waals surface area contributed by atoms with E-state index in [4.69, 9.17) is 9.84 Å². The van der Waals surface area contributed by atoms with Crippen molar-refractivity contribution in [2.45, 2.75) is 38.4 Å². The molecule has 0 aromatic carbocycles. The van der Waals surface area contributed by atoms with Gasteiger partial charge < -0.3 is 15.2 Å². The molecule has 0 aromatic heterocycles. The van der Waals surface area contributed by atoms with Crippen LogP contribution in [-0.2, 0) is 14.3 Å². The Bertz CT molecular complexity index is 304. The average molecular weight is 227 g/mol. The molecule has 2 aliphatic rings. The first kappa shape index (κ1) is 11.4. The van der Waals surface area contributed by atoms with Crippen molar-refractivity contribution in [1.29, 1.82) is 0 Å². The summed E-state index contributed by atoms with van der Waals surface area (Å²) in [7, 11) is 0. The smallest absolute Gasteiger partial charge is 0.332 e. The fraction of sp³-hybridized carbons (Fsp3) is 0.818. The Kier molecular flexibility index (Phi) is 3.14. The summed E-state index contributed by atoms with van der Waals surface area (Å²) in [6.45, 7) is 2.49. The predicted octanol–water partition coefficient (Wildman–Crippen LogP) is 0.391. The van der Waals surface area contributed by atoms with Gasteiger partial charge in [-0.15, -0.1) is 0 Å². The monoisotopic (exact) mass is 227 g/mol. The van der Waals surface area contributed by atoms with Crippen LogP contribution in [0, 0.1) is 11.8 Å². The van der Waals surface area contributed by atoms with Crippen molar-refractivity contribution >= 4 is 11.9 Å². The lowest BCUT2D eigenvalue weighted by atomic mass is 10.2. The quantitative estimate of drug-likeness (QED) is 0.728. The molecule has 1 aliphatic heterocycles. The molecule has 16 heavy (non-hydrogen) atoms. The first-order valence-electron chi connectivity index (χ1n) is 5.74. The van der Waals surface area contributed by atoms with E-state index in [0.717, 1.165) is 6.42 Å². The third-order valence-electron chi connectivity index (χ3n) is 3.33. The van der Waals surface area contributed by atoms with Gasteiger partial charge in [-0.2, -0.15) is 0 Å². The second-order valence-corrected chi connectivity index (χ2v) is 4.73. The number of rotatable bonds is 4. The highest BCUT2D eigenvalue weighted by molar-refractivity contribution is 5.81. The number of nitrogens with one attached hydrogen (secondary N) is 1. The summed E-state index contributed by atoms with van der Waals surface area (Å²) >= 11 is 0. The largest absolute Gasteiger partial charge is 0.479 e. The standard InChI is InChI=1S/C11H17NO4/c1-6-4-8(6)10(13)12-5-7-2-3-9(16-7)11(14)15/h6-9H,2-5H2,1H3,(H,12,13)(H,14,15). The maximum absolute atomic E-state index is 11.5. The third kappa shape index (κ3) is 2.52. The second kappa shape index (κ2) is 4.41. The zero-order chi connectivity index (χ0) is 11.7. The van der Waals surface area contributed by atoms with Crippen LogP contribution in [0.25, 0.3) is 0 Å². The van der Waals surface area contributed by atoms with Gasteiger partial charge in [-0.3, -0.25) is 4.79 Å². The van der Waals surface area contributed by atoms with E-state index in [0.29, 0.717) is 25.3 Å². The lowest BCUT2D eigenvalue weighted by molar-refractivity contribution is -0.149. The lowest BCUT2D eigenvalue weighted by Crippen LogP contribution is -2.34. The van der Waals surface area contributed by atoms with Crippen molar-refractivity contribution in [3.63, 3.8) is 0 Å². The van der Waals surface area contributed by atoms with Gasteiger partial charge in [0, 0.05) is 12.5 Å². The van der Waals surface area contributed by atoms with Gasteiger partial charge in [-0.25, -0.2) is 4.79 Å². The van der Waals surface area contributed by atoms with E-state index in [2.05, 4.69) is 12.2 Å². The number of carbonyl (C=O) groups excluding carboxylic acids is 1. The van der Waals surface area contributed by atoms with Crippen molar-refractivity contribution < 1.29 is 19.4 Å².